The van der Waals surface area contributed by atoms with Gasteiger partial charge in [0.2, 0.25) is 0 Å². The number of rotatable bonds is 8. The molecule has 0 radical (unpaired) electrons. The van der Waals surface area contributed by atoms with Crippen molar-refractivity contribution in [2.75, 3.05) is 13.2 Å². The van der Waals surface area contributed by atoms with Crippen LogP contribution in [0, 0.1) is 0 Å². The fourth-order valence-corrected chi connectivity index (χ4v) is 2.05. The van der Waals surface area contributed by atoms with Gasteiger partial charge in [0.1, 0.15) is 6.61 Å². The van der Waals surface area contributed by atoms with Crippen LogP contribution in [0.25, 0.3) is 0 Å². The average molecular weight is 311 g/mol. The molecule has 2 aromatic heterocycles. The summed E-state index contributed by atoms with van der Waals surface area (Å²) in [6, 6.07) is 11.7. The molecule has 2 heterocycles. The number of ether oxygens (including phenoxy) is 1. The molecule has 0 aliphatic rings. The van der Waals surface area contributed by atoms with E-state index in [4.69, 9.17) is 4.74 Å². The normalized spacial score (nSPS) is 10.5. The van der Waals surface area contributed by atoms with E-state index in [-0.39, 0.29) is 5.97 Å². The van der Waals surface area contributed by atoms with Gasteiger partial charge >= 0.3 is 5.97 Å². The van der Waals surface area contributed by atoms with Crippen LogP contribution >= 0.6 is 0 Å². The highest BCUT2D eigenvalue weighted by Crippen LogP contribution is 2.07. The maximum Gasteiger partial charge on any atom is 0.333 e. The quantitative estimate of drug-likeness (QED) is 0.554. The highest BCUT2D eigenvalue weighted by molar-refractivity contribution is 5.86. The predicted molar refractivity (Wildman–Crippen MR) is 88.4 cm³/mol. The molecular weight excluding hydrogens is 290 g/mol. The number of hydrogen-bond donors (Lipinski definition) is 0. The van der Waals surface area contributed by atoms with E-state index in [0.717, 1.165) is 11.4 Å². The van der Waals surface area contributed by atoms with Gasteiger partial charge in [0.25, 0.3) is 0 Å². The number of carbonyl (C=O) groups excluding carboxylic acids is 1. The van der Waals surface area contributed by atoms with Crippen molar-refractivity contribution in [3.8, 4) is 0 Å². The standard InChI is InChI=1S/C18H21N3O2/c1-15(2)18(22)23-12-11-21(13-16-7-3-5-9-19-16)14-17-8-4-6-10-20-17/h3-10H,1,11-14H2,2H3. The number of carbonyl (C=O) groups is 1. The first kappa shape index (κ1) is 16.8. The van der Waals surface area contributed by atoms with E-state index < -0.39 is 0 Å². The zero-order chi connectivity index (χ0) is 16.5. The second-order valence-electron chi connectivity index (χ2n) is 5.27. The van der Waals surface area contributed by atoms with Gasteiger partial charge in [0.15, 0.2) is 0 Å². The first-order valence-corrected chi connectivity index (χ1v) is 7.50. The van der Waals surface area contributed by atoms with Crippen LogP contribution in [-0.4, -0.2) is 34.0 Å². The van der Waals surface area contributed by atoms with Crippen molar-refractivity contribution >= 4 is 5.97 Å². The molecule has 0 unspecified atom stereocenters. The van der Waals surface area contributed by atoms with Gasteiger partial charge in [-0.15, -0.1) is 0 Å². The van der Waals surface area contributed by atoms with E-state index in [1.165, 1.54) is 0 Å². The highest BCUT2D eigenvalue weighted by atomic mass is 16.5. The second-order valence-corrected chi connectivity index (χ2v) is 5.27. The molecule has 2 aromatic rings. The third kappa shape index (κ3) is 6.00. The van der Waals surface area contributed by atoms with Gasteiger partial charge in [0, 0.05) is 37.6 Å². The third-order valence-corrected chi connectivity index (χ3v) is 3.21. The van der Waals surface area contributed by atoms with Gasteiger partial charge in [-0.2, -0.15) is 0 Å². The number of esters is 1. The number of aromatic nitrogens is 2. The van der Waals surface area contributed by atoms with Crippen LogP contribution < -0.4 is 0 Å². The molecule has 23 heavy (non-hydrogen) atoms. The molecule has 0 saturated carbocycles. The van der Waals surface area contributed by atoms with Crippen LogP contribution in [0.3, 0.4) is 0 Å². The van der Waals surface area contributed by atoms with Crippen molar-refractivity contribution in [3.05, 3.63) is 72.3 Å². The van der Waals surface area contributed by atoms with Crippen LogP contribution in [0.4, 0.5) is 0 Å². The molecule has 0 aromatic carbocycles. The maximum absolute atomic E-state index is 11.5. The summed E-state index contributed by atoms with van der Waals surface area (Å²) in [5, 5.41) is 0. The van der Waals surface area contributed by atoms with E-state index in [1.807, 2.05) is 36.4 Å². The lowest BCUT2D eigenvalue weighted by Crippen LogP contribution is -2.28. The lowest BCUT2D eigenvalue weighted by atomic mass is 10.3. The minimum atomic E-state index is -0.361. The van der Waals surface area contributed by atoms with Crippen LogP contribution in [0.5, 0.6) is 0 Å². The Morgan fingerprint density at radius 3 is 2.09 bits per heavy atom. The summed E-state index contributed by atoms with van der Waals surface area (Å²) in [5.74, 6) is -0.361. The van der Waals surface area contributed by atoms with Crippen molar-refractivity contribution in [1.82, 2.24) is 14.9 Å². The molecule has 0 N–H and O–H groups in total. The van der Waals surface area contributed by atoms with Crippen molar-refractivity contribution < 1.29 is 9.53 Å². The Morgan fingerprint density at radius 2 is 1.65 bits per heavy atom. The van der Waals surface area contributed by atoms with Gasteiger partial charge in [-0.05, 0) is 31.2 Å². The van der Waals surface area contributed by atoms with Gasteiger partial charge < -0.3 is 4.74 Å². The first-order valence-electron chi connectivity index (χ1n) is 7.50. The molecule has 5 heteroatoms. The van der Waals surface area contributed by atoms with E-state index in [9.17, 15) is 4.79 Å². The predicted octanol–water partition coefficient (Wildman–Crippen LogP) is 2.60. The summed E-state index contributed by atoms with van der Waals surface area (Å²) in [4.78, 5) is 22.3. The van der Waals surface area contributed by atoms with Crippen molar-refractivity contribution in [2.45, 2.75) is 20.0 Å². The Hall–Kier alpha value is -2.53. The SMILES string of the molecule is C=C(C)C(=O)OCCN(Cc1ccccn1)Cc1ccccn1. The van der Waals surface area contributed by atoms with E-state index in [2.05, 4.69) is 21.4 Å². The summed E-state index contributed by atoms with van der Waals surface area (Å²) in [6.45, 7) is 7.47. The fourth-order valence-electron chi connectivity index (χ4n) is 2.05. The number of pyridine rings is 2. The van der Waals surface area contributed by atoms with E-state index >= 15 is 0 Å². The van der Waals surface area contributed by atoms with Crippen LogP contribution in [0.2, 0.25) is 0 Å². The Balaban J connectivity index is 1.96. The highest BCUT2D eigenvalue weighted by Gasteiger charge is 2.10. The van der Waals surface area contributed by atoms with Crippen molar-refractivity contribution in [2.24, 2.45) is 0 Å². The Bertz CT molecular complexity index is 588. The minimum Gasteiger partial charge on any atom is -0.461 e. The molecule has 2 rings (SSSR count). The van der Waals surface area contributed by atoms with Gasteiger partial charge in [-0.25, -0.2) is 4.79 Å². The molecule has 0 aliphatic heterocycles. The average Bonchev–Trinajstić information content (AvgIpc) is 2.56. The molecule has 0 atom stereocenters. The maximum atomic E-state index is 11.5. The van der Waals surface area contributed by atoms with Crippen molar-refractivity contribution in [3.63, 3.8) is 0 Å². The van der Waals surface area contributed by atoms with E-state index in [1.54, 1.807) is 19.3 Å². The smallest absolute Gasteiger partial charge is 0.333 e. The molecule has 0 saturated heterocycles. The minimum absolute atomic E-state index is 0.311. The first-order chi connectivity index (χ1) is 11.1. The molecule has 0 amide bonds. The van der Waals surface area contributed by atoms with Crippen LogP contribution in [0.1, 0.15) is 18.3 Å². The van der Waals surface area contributed by atoms with Gasteiger partial charge in [-0.3, -0.25) is 14.9 Å². The summed E-state index contributed by atoms with van der Waals surface area (Å²) in [5.41, 5.74) is 2.34. The van der Waals surface area contributed by atoms with Gasteiger partial charge in [-0.1, -0.05) is 18.7 Å². The van der Waals surface area contributed by atoms with Crippen LogP contribution in [0.15, 0.2) is 60.9 Å². The fraction of sp³-hybridized carbons (Fsp3) is 0.278. The molecule has 0 spiro atoms. The topological polar surface area (TPSA) is 55.3 Å². The second kappa shape index (κ2) is 8.80. The summed E-state index contributed by atoms with van der Waals surface area (Å²) in [6.07, 6.45) is 3.55. The number of hydrogen-bond acceptors (Lipinski definition) is 5. The Labute approximate surface area is 136 Å². The number of nitrogens with zero attached hydrogens (tertiary/aromatic N) is 3. The van der Waals surface area contributed by atoms with E-state index in [0.29, 0.717) is 31.8 Å². The van der Waals surface area contributed by atoms with Crippen LogP contribution in [-0.2, 0) is 22.6 Å². The molecule has 0 bridgehead atoms. The molecule has 5 nitrogen and oxygen atoms in total. The Kier molecular flexibility index (Phi) is 6.44. The summed E-state index contributed by atoms with van der Waals surface area (Å²) < 4.78 is 5.19. The Morgan fingerprint density at radius 1 is 1.09 bits per heavy atom. The monoisotopic (exact) mass is 311 g/mol. The zero-order valence-corrected chi connectivity index (χ0v) is 13.3. The lowest BCUT2D eigenvalue weighted by Gasteiger charge is -2.21. The zero-order valence-electron chi connectivity index (χ0n) is 13.3. The molecule has 0 fully saturated rings. The van der Waals surface area contributed by atoms with Crippen molar-refractivity contribution in [1.29, 1.82) is 0 Å². The summed E-state index contributed by atoms with van der Waals surface area (Å²) >= 11 is 0. The van der Waals surface area contributed by atoms with Gasteiger partial charge in [0.05, 0.1) is 11.4 Å². The summed E-state index contributed by atoms with van der Waals surface area (Å²) in [7, 11) is 0. The largest absolute Gasteiger partial charge is 0.461 e. The molecular formula is C18H21N3O2. The molecule has 0 aliphatic carbocycles. The molecule has 120 valence electrons. The third-order valence-electron chi connectivity index (χ3n) is 3.21. The lowest BCUT2D eigenvalue weighted by molar-refractivity contribution is -0.139.